The molecule has 0 atom stereocenters. The Kier molecular flexibility index (Phi) is 12.0. The van der Waals surface area contributed by atoms with Crippen molar-refractivity contribution in [1.82, 2.24) is 29.9 Å². The minimum atomic E-state index is -0.692. The number of aromatic nitrogens is 6. The maximum atomic E-state index is 7.36. The fourth-order valence-corrected chi connectivity index (χ4v) is 18.2. The molecule has 14 aromatic carbocycles. The summed E-state index contributed by atoms with van der Waals surface area (Å²) in [6, 6.07) is 111. The molecule has 4 aromatic heterocycles. The van der Waals surface area contributed by atoms with E-state index < -0.39 is 10.8 Å². The Labute approximate surface area is 589 Å². The molecule has 0 N–H and O–H groups in total. The zero-order chi connectivity index (χ0) is 66.8. The summed E-state index contributed by atoms with van der Waals surface area (Å²) >= 11 is 1.77. The van der Waals surface area contributed by atoms with Crippen LogP contribution in [0, 0.1) is 0 Å². The standard InChI is InChI=1S/C92H52N6O3S/c1-4-23-54(24-5-1)85-94-88(96-89(95-85)64-34-22-33-63-66-50-81-76(52-82(66)102-84(63)64)92(74-40-19-21-42-78(74)100-81)71-37-16-12-31-61(71)62-32-13-17-38-72(62)92)57-45-43-53(44-46-57)58-47-67-65-49-80-75(91(73-39-18-20-41-77(73)99-80)69-35-14-10-29-59(69)60-30-11-15-36-70(60)91)51-79(65)101-83(67)68(48-58)90-97-86(55-25-6-2-7-26-55)93-87(98-90)56-27-8-3-9-28-56/h1-52H. The highest BCUT2D eigenvalue weighted by atomic mass is 32.1. The predicted molar refractivity (Wildman–Crippen MR) is 406 cm³/mol. The second kappa shape index (κ2) is 21.6. The highest BCUT2D eigenvalue weighted by Gasteiger charge is 2.53. The number of nitrogens with zero attached hydrogens (tertiary/aromatic N) is 6. The Morgan fingerprint density at radius 2 is 0.627 bits per heavy atom. The van der Waals surface area contributed by atoms with Gasteiger partial charge < -0.3 is 13.9 Å². The van der Waals surface area contributed by atoms with Crippen LogP contribution in [-0.2, 0) is 10.8 Å². The van der Waals surface area contributed by atoms with Crippen molar-refractivity contribution in [3.8, 4) is 125 Å². The van der Waals surface area contributed by atoms with Crippen molar-refractivity contribution < 1.29 is 13.9 Å². The van der Waals surface area contributed by atoms with Crippen LogP contribution in [0.1, 0.15) is 44.5 Å². The van der Waals surface area contributed by atoms with Gasteiger partial charge in [0.25, 0.3) is 0 Å². The number of hydrogen-bond donors (Lipinski definition) is 0. The molecule has 18 aromatic rings. The van der Waals surface area contributed by atoms with Gasteiger partial charge in [0, 0.05) is 81.0 Å². The van der Waals surface area contributed by atoms with E-state index in [0.717, 1.165) is 115 Å². The molecule has 0 unspecified atom stereocenters. The van der Waals surface area contributed by atoms with Gasteiger partial charge in [-0.3, -0.25) is 0 Å². The maximum Gasteiger partial charge on any atom is 0.167 e. The number of furan rings is 1. The molecule has 0 amide bonds. The minimum Gasteiger partial charge on any atom is -0.457 e. The van der Waals surface area contributed by atoms with Gasteiger partial charge in [0.2, 0.25) is 0 Å². The number of hydrogen-bond acceptors (Lipinski definition) is 10. The van der Waals surface area contributed by atoms with E-state index in [1.165, 1.54) is 44.5 Å². The van der Waals surface area contributed by atoms with Crippen LogP contribution in [0.25, 0.3) is 144 Å². The monoisotopic (exact) mass is 1320 g/mol. The predicted octanol–water partition coefficient (Wildman–Crippen LogP) is 22.9. The van der Waals surface area contributed by atoms with E-state index in [-0.39, 0.29) is 0 Å². The zero-order valence-corrected chi connectivity index (χ0v) is 55.2. The molecule has 474 valence electrons. The lowest BCUT2D eigenvalue weighted by Gasteiger charge is -2.39. The van der Waals surface area contributed by atoms with Crippen molar-refractivity contribution in [3.05, 3.63) is 360 Å². The molecule has 0 bridgehead atoms. The van der Waals surface area contributed by atoms with Crippen molar-refractivity contribution >= 4 is 53.4 Å². The van der Waals surface area contributed by atoms with Crippen molar-refractivity contribution in [2.45, 2.75) is 10.8 Å². The summed E-state index contributed by atoms with van der Waals surface area (Å²) in [6.45, 7) is 0. The molecule has 9 nitrogen and oxygen atoms in total. The first-order valence-electron chi connectivity index (χ1n) is 34.3. The van der Waals surface area contributed by atoms with E-state index in [4.69, 9.17) is 43.8 Å². The first-order valence-corrected chi connectivity index (χ1v) is 35.1. The van der Waals surface area contributed by atoms with Crippen LogP contribution < -0.4 is 9.47 Å². The molecule has 6 heterocycles. The normalized spacial score (nSPS) is 13.6. The highest BCUT2D eigenvalue weighted by Crippen LogP contribution is 2.65. The molecule has 0 saturated carbocycles. The van der Waals surface area contributed by atoms with Gasteiger partial charge in [-0.1, -0.05) is 261 Å². The van der Waals surface area contributed by atoms with Gasteiger partial charge in [0.05, 0.1) is 16.4 Å². The number of thiophene rings is 1. The average Bonchev–Trinajstić information content (AvgIpc) is 1.29. The van der Waals surface area contributed by atoms with Crippen molar-refractivity contribution in [3.63, 3.8) is 0 Å². The lowest BCUT2D eigenvalue weighted by atomic mass is 9.66. The molecule has 2 aliphatic carbocycles. The van der Waals surface area contributed by atoms with Crippen molar-refractivity contribution in [2.24, 2.45) is 0 Å². The van der Waals surface area contributed by atoms with E-state index in [0.29, 0.717) is 51.7 Å². The molecule has 0 fully saturated rings. The second-order valence-electron chi connectivity index (χ2n) is 26.6. The molecule has 0 saturated heterocycles. The average molecular weight is 1320 g/mol. The number of benzene rings is 14. The summed E-state index contributed by atoms with van der Waals surface area (Å²) in [5, 5.41) is 3.99. The van der Waals surface area contributed by atoms with E-state index in [2.05, 4.69) is 237 Å². The first kappa shape index (κ1) is 56.7. The minimum absolute atomic E-state index is 0.473. The Hall–Kier alpha value is -13.3. The molecule has 0 radical (unpaired) electrons. The Morgan fingerprint density at radius 1 is 0.235 bits per heavy atom. The maximum absolute atomic E-state index is 7.36. The van der Waals surface area contributed by atoms with Crippen LogP contribution in [0.4, 0.5) is 0 Å². The number of rotatable bonds is 7. The summed E-state index contributed by atoms with van der Waals surface area (Å²) < 4.78 is 23.7. The Balaban J connectivity index is 0.712. The third kappa shape index (κ3) is 8.09. The molecule has 22 rings (SSSR count). The molecule has 4 aliphatic rings. The van der Waals surface area contributed by atoms with Crippen molar-refractivity contribution in [1.29, 1.82) is 0 Å². The summed E-state index contributed by atoms with van der Waals surface area (Å²) in [6.07, 6.45) is 0. The van der Waals surface area contributed by atoms with E-state index in [1.54, 1.807) is 11.3 Å². The molecule has 10 heteroatoms. The van der Waals surface area contributed by atoms with Crippen LogP contribution in [0.2, 0.25) is 0 Å². The fourth-order valence-electron chi connectivity index (χ4n) is 17.0. The molecule has 102 heavy (non-hydrogen) atoms. The fraction of sp³-hybridized carbons (Fsp3) is 0.0217. The second-order valence-corrected chi connectivity index (χ2v) is 27.7. The number of para-hydroxylation sites is 2. The molecule has 2 aliphatic heterocycles. The number of ether oxygens (including phenoxy) is 2. The third-order valence-corrected chi connectivity index (χ3v) is 22.5. The Morgan fingerprint density at radius 3 is 1.13 bits per heavy atom. The highest BCUT2D eigenvalue weighted by molar-refractivity contribution is 7.26. The number of fused-ring (bicyclic) bond motifs is 24. The van der Waals surface area contributed by atoms with Gasteiger partial charge in [0.15, 0.2) is 34.9 Å². The van der Waals surface area contributed by atoms with Gasteiger partial charge in [-0.15, -0.1) is 11.3 Å². The van der Waals surface area contributed by atoms with E-state index in [1.807, 2.05) is 78.9 Å². The summed E-state index contributed by atoms with van der Waals surface area (Å²) in [5.74, 6) is 6.55. The largest absolute Gasteiger partial charge is 0.457 e. The van der Waals surface area contributed by atoms with Crippen LogP contribution in [0.5, 0.6) is 23.0 Å². The van der Waals surface area contributed by atoms with Crippen molar-refractivity contribution in [2.75, 3.05) is 0 Å². The Bertz CT molecular complexity index is 6440. The van der Waals surface area contributed by atoms with Crippen LogP contribution >= 0.6 is 11.3 Å². The lowest BCUT2D eigenvalue weighted by Crippen LogP contribution is -2.32. The lowest BCUT2D eigenvalue weighted by molar-refractivity contribution is 0.436. The third-order valence-electron chi connectivity index (χ3n) is 21.3. The summed E-state index contributed by atoms with van der Waals surface area (Å²) in [4.78, 5) is 31.9. The quantitative estimate of drug-likeness (QED) is 0.154. The van der Waals surface area contributed by atoms with Gasteiger partial charge in [0.1, 0.15) is 34.2 Å². The van der Waals surface area contributed by atoms with Crippen LogP contribution in [0.15, 0.2) is 320 Å². The van der Waals surface area contributed by atoms with Gasteiger partial charge in [-0.25, -0.2) is 29.9 Å². The zero-order valence-electron chi connectivity index (χ0n) is 54.3. The smallest absolute Gasteiger partial charge is 0.167 e. The van der Waals surface area contributed by atoms with Gasteiger partial charge >= 0.3 is 0 Å². The van der Waals surface area contributed by atoms with E-state index >= 15 is 0 Å². The van der Waals surface area contributed by atoms with Crippen LogP contribution in [-0.4, -0.2) is 29.9 Å². The molecular weight excluding hydrogens is 1270 g/mol. The first-order chi connectivity index (χ1) is 50.5. The van der Waals surface area contributed by atoms with Crippen LogP contribution in [0.3, 0.4) is 0 Å². The summed E-state index contributed by atoms with van der Waals surface area (Å²) in [7, 11) is 0. The van der Waals surface area contributed by atoms with E-state index in [9.17, 15) is 0 Å². The van der Waals surface area contributed by atoms with Gasteiger partial charge in [-0.05, 0) is 110 Å². The molecule has 2 spiro atoms. The SMILES string of the molecule is c1ccc(-c2nc(-c3ccccc3)nc(-c3cc(-c4ccc(-c5nc(-c6ccccc6)nc(-c6cccc7c6sc6cc8c(cc67)Oc6ccccc6C86c7ccccc7-c7ccccc76)n5)cc4)cc4c3oc3cc5c(cc34)Oc3ccccc3C53c4ccccc4-c4ccccc43)n2)cc1. The topological polar surface area (TPSA) is 109 Å². The summed E-state index contributed by atoms with van der Waals surface area (Å²) in [5.41, 5.74) is 21.2. The molecular formula is C92H52N6O3S. The van der Waals surface area contributed by atoms with Gasteiger partial charge in [-0.2, -0.15) is 0 Å².